The van der Waals surface area contributed by atoms with Gasteiger partial charge in [-0.3, -0.25) is 0 Å². The molecule has 0 radical (unpaired) electrons. The van der Waals surface area contributed by atoms with Gasteiger partial charge >= 0.3 is 0 Å². The summed E-state index contributed by atoms with van der Waals surface area (Å²) in [5, 5.41) is 16.8. The van der Waals surface area contributed by atoms with Crippen LogP contribution >= 0.6 is 0 Å². The number of hydrogen-bond donors (Lipinski definition) is 2. The quantitative estimate of drug-likeness (QED) is 0.756. The number of benzene rings is 1. The van der Waals surface area contributed by atoms with E-state index in [0.29, 0.717) is 12.4 Å². The molecule has 100 valence electrons. The lowest BCUT2D eigenvalue weighted by molar-refractivity contribution is 0.474. The zero-order valence-corrected chi connectivity index (χ0v) is 10.6. The van der Waals surface area contributed by atoms with Crippen LogP contribution in [0.1, 0.15) is 5.56 Å². The van der Waals surface area contributed by atoms with E-state index in [9.17, 15) is 5.11 Å². The Morgan fingerprint density at radius 1 is 1.20 bits per heavy atom. The van der Waals surface area contributed by atoms with Crippen molar-refractivity contribution >= 4 is 5.69 Å². The number of nitrogens with zero attached hydrogens (tertiary/aromatic N) is 4. The molecule has 3 aromatic rings. The SMILES string of the molecule is Oc1cccc(CNc2cccnc2-n2cncn2)c1. The minimum absolute atomic E-state index is 0.256. The lowest BCUT2D eigenvalue weighted by atomic mass is 10.2. The third-order valence-corrected chi connectivity index (χ3v) is 2.82. The maximum Gasteiger partial charge on any atom is 0.178 e. The van der Waals surface area contributed by atoms with Crippen molar-refractivity contribution in [2.45, 2.75) is 6.54 Å². The Balaban J connectivity index is 1.81. The molecule has 6 nitrogen and oxygen atoms in total. The number of pyridine rings is 1. The van der Waals surface area contributed by atoms with E-state index < -0.39 is 0 Å². The first kappa shape index (κ1) is 12.2. The molecule has 0 bridgehead atoms. The second-order valence-corrected chi connectivity index (χ2v) is 4.24. The van der Waals surface area contributed by atoms with Gasteiger partial charge in [0.2, 0.25) is 0 Å². The molecule has 0 fully saturated rings. The predicted molar refractivity (Wildman–Crippen MR) is 74.6 cm³/mol. The molecule has 2 aromatic heterocycles. The van der Waals surface area contributed by atoms with Crippen LogP contribution in [0.15, 0.2) is 55.2 Å². The van der Waals surface area contributed by atoms with Gasteiger partial charge in [-0.25, -0.2) is 14.6 Å². The van der Waals surface area contributed by atoms with Gasteiger partial charge < -0.3 is 10.4 Å². The fourth-order valence-electron chi connectivity index (χ4n) is 1.90. The Morgan fingerprint density at radius 2 is 2.15 bits per heavy atom. The van der Waals surface area contributed by atoms with Crippen LogP contribution in [0, 0.1) is 0 Å². The Morgan fingerprint density at radius 3 is 2.95 bits per heavy atom. The monoisotopic (exact) mass is 267 g/mol. The number of phenolic OH excluding ortho intramolecular Hbond substituents is 1. The number of nitrogens with one attached hydrogen (secondary N) is 1. The first-order chi connectivity index (χ1) is 9.83. The summed E-state index contributed by atoms with van der Waals surface area (Å²) in [5.74, 6) is 0.942. The van der Waals surface area contributed by atoms with Crippen molar-refractivity contribution in [3.8, 4) is 11.6 Å². The Labute approximate surface area is 115 Å². The van der Waals surface area contributed by atoms with Gasteiger partial charge in [-0.15, -0.1) is 0 Å². The molecular weight excluding hydrogens is 254 g/mol. The minimum Gasteiger partial charge on any atom is -0.508 e. The number of phenols is 1. The van der Waals surface area contributed by atoms with E-state index in [4.69, 9.17) is 0 Å². The van der Waals surface area contributed by atoms with Gasteiger partial charge in [0.1, 0.15) is 18.4 Å². The van der Waals surface area contributed by atoms with Crippen molar-refractivity contribution in [1.82, 2.24) is 19.7 Å². The Bertz CT molecular complexity index is 696. The predicted octanol–water partition coefficient (Wildman–Crippen LogP) is 1.98. The van der Waals surface area contributed by atoms with E-state index in [2.05, 4.69) is 20.4 Å². The summed E-state index contributed by atoms with van der Waals surface area (Å²) in [5.41, 5.74) is 1.83. The Kier molecular flexibility index (Phi) is 3.28. The summed E-state index contributed by atoms with van der Waals surface area (Å²) < 4.78 is 1.60. The first-order valence-electron chi connectivity index (χ1n) is 6.15. The normalized spacial score (nSPS) is 10.4. The molecule has 0 aliphatic rings. The summed E-state index contributed by atoms with van der Waals surface area (Å²) in [7, 11) is 0. The van der Waals surface area contributed by atoms with Crippen LogP contribution in [0.2, 0.25) is 0 Å². The molecule has 1 aromatic carbocycles. The molecule has 0 aliphatic carbocycles. The maximum atomic E-state index is 9.45. The highest BCUT2D eigenvalue weighted by Gasteiger charge is 2.06. The van der Waals surface area contributed by atoms with Gasteiger partial charge in [0.15, 0.2) is 5.82 Å². The minimum atomic E-state index is 0.256. The summed E-state index contributed by atoms with van der Waals surface area (Å²) in [6.07, 6.45) is 4.77. The average Bonchev–Trinajstić information content (AvgIpc) is 3.00. The van der Waals surface area contributed by atoms with Crippen molar-refractivity contribution in [2.24, 2.45) is 0 Å². The molecule has 0 amide bonds. The Hall–Kier alpha value is -2.89. The third-order valence-electron chi connectivity index (χ3n) is 2.82. The molecule has 3 rings (SSSR count). The van der Waals surface area contributed by atoms with Crippen molar-refractivity contribution < 1.29 is 5.11 Å². The molecule has 6 heteroatoms. The molecular formula is C14H13N5O. The van der Waals surface area contributed by atoms with Crippen LogP contribution < -0.4 is 5.32 Å². The zero-order chi connectivity index (χ0) is 13.8. The number of anilines is 1. The van der Waals surface area contributed by atoms with Crippen LogP contribution in [0.5, 0.6) is 5.75 Å². The summed E-state index contributed by atoms with van der Waals surface area (Å²) in [6.45, 7) is 0.585. The van der Waals surface area contributed by atoms with E-state index in [0.717, 1.165) is 11.3 Å². The van der Waals surface area contributed by atoms with Gasteiger partial charge in [0, 0.05) is 12.7 Å². The topological polar surface area (TPSA) is 75.9 Å². The third kappa shape index (κ3) is 2.59. The van der Waals surface area contributed by atoms with Crippen LogP contribution in [0.25, 0.3) is 5.82 Å². The lowest BCUT2D eigenvalue weighted by Gasteiger charge is -2.10. The zero-order valence-electron chi connectivity index (χ0n) is 10.6. The van der Waals surface area contributed by atoms with Crippen LogP contribution in [-0.2, 0) is 6.54 Å². The molecule has 0 aliphatic heterocycles. The second-order valence-electron chi connectivity index (χ2n) is 4.24. The van der Waals surface area contributed by atoms with Gasteiger partial charge in [-0.2, -0.15) is 5.10 Å². The largest absolute Gasteiger partial charge is 0.508 e. The van der Waals surface area contributed by atoms with Crippen LogP contribution in [-0.4, -0.2) is 24.9 Å². The highest BCUT2D eigenvalue weighted by Crippen LogP contribution is 2.18. The maximum absolute atomic E-state index is 9.45. The molecule has 0 saturated heterocycles. The second kappa shape index (κ2) is 5.40. The van der Waals surface area contributed by atoms with Crippen LogP contribution in [0.3, 0.4) is 0 Å². The molecule has 0 atom stereocenters. The van der Waals surface area contributed by atoms with E-state index >= 15 is 0 Å². The fraction of sp³-hybridized carbons (Fsp3) is 0.0714. The van der Waals surface area contributed by atoms with Gasteiger partial charge in [-0.05, 0) is 29.8 Å². The number of hydrogen-bond acceptors (Lipinski definition) is 5. The molecule has 2 N–H and O–H groups in total. The molecule has 0 spiro atoms. The summed E-state index contributed by atoms with van der Waals surface area (Å²) in [4.78, 5) is 8.22. The smallest absolute Gasteiger partial charge is 0.178 e. The first-order valence-corrected chi connectivity index (χ1v) is 6.15. The number of aromatic nitrogens is 4. The van der Waals surface area contributed by atoms with E-state index in [1.807, 2.05) is 24.3 Å². The highest BCUT2D eigenvalue weighted by molar-refractivity contribution is 5.56. The molecule has 0 unspecified atom stereocenters. The van der Waals surface area contributed by atoms with Crippen LogP contribution in [0.4, 0.5) is 5.69 Å². The van der Waals surface area contributed by atoms with Gasteiger partial charge in [0.05, 0.1) is 5.69 Å². The van der Waals surface area contributed by atoms with Crippen molar-refractivity contribution in [2.75, 3.05) is 5.32 Å². The molecule has 2 heterocycles. The van der Waals surface area contributed by atoms with Crippen molar-refractivity contribution in [3.05, 3.63) is 60.8 Å². The number of rotatable bonds is 4. The van der Waals surface area contributed by atoms with E-state index in [1.54, 1.807) is 29.3 Å². The van der Waals surface area contributed by atoms with Gasteiger partial charge in [0.25, 0.3) is 0 Å². The summed E-state index contributed by atoms with van der Waals surface area (Å²) >= 11 is 0. The van der Waals surface area contributed by atoms with Gasteiger partial charge in [-0.1, -0.05) is 12.1 Å². The highest BCUT2D eigenvalue weighted by atomic mass is 16.3. The number of aromatic hydroxyl groups is 1. The lowest BCUT2D eigenvalue weighted by Crippen LogP contribution is -2.06. The average molecular weight is 267 g/mol. The van der Waals surface area contributed by atoms with Crippen molar-refractivity contribution in [1.29, 1.82) is 0 Å². The fourth-order valence-corrected chi connectivity index (χ4v) is 1.90. The molecule has 20 heavy (non-hydrogen) atoms. The van der Waals surface area contributed by atoms with Crippen molar-refractivity contribution in [3.63, 3.8) is 0 Å². The standard InChI is InChI=1S/C14H13N5O/c20-12-4-1-3-11(7-12)8-17-13-5-2-6-16-14(13)19-10-15-9-18-19/h1-7,9-10,17,20H,8H2. The van der Waals surface area contributed by atoms with E-state index in [-0.39, 0.29) is 5.75 Å². The van der Waals surface area contributed by atoms with E-state index in [1.165, 1.54) is 6.33 Å². The molecule has 0 saturated carbocycles. The summed E-state index contributed by atoms with van der Waals surface area (Å²) in [6, 6.07) is 10.9.